The molecule has 0 fully saturated rings. The Hall–Kier alpha value is -2.37. The average Bonchev–Trinajstić information content (AvgIpc) is 3.54. The van der Waals surface area contributed by atoms with Crippen molar-refractivity contribution in [1.82, 2.24) is 15.0 Å². The normalized spacial score (nSPS) is 13.3. The number of hydrogen-bond acceptors (Lipinski definition) is 5. The van der Waals surface area contributed by atoms with Crippen LogP contribution in [-0.2, 0) is 27.1 Å². The molecule has 0 saturated heterocycles. The summed E-state index contributed by atoms with van der Waals surface area (Å²) >= 11 is 0. The summed E-state index contributed by atoms with van der Waals surface area (Å²) in [6, 6.07) is 24.8. The standard InChI is InChI=1S/C30H30N3O7P.2Na/c1-20(21-10-4-3-5-11-21)31-28(34)30(2,17-23-18-33(41(36,37)38)26-14-8-7-13-25(23)26)32-29(35)39-19-24-16-22-12-6-9-15-27(22)40-24;;/h3-16,18,20H,17,19H2,1-2H3,(H,31,34)(H,32,35)(H2,36,37,38);;. The molecular weight excluding hydrogens is 591 g/mol. The van der Waals surface area contributed by atoms with Crippen LogP contribution < -0.4 is 10.6 Å². The van der Waals surface area contributed by atoms with E-state index in [0.29, 0.717) is 27.8 Å². The van der Waals surface area contributed by atoms with Gasteiger partial charge in [-0.05, 0) is 43.2 Å². The number of benzene rings is 3. The largest absolute Gasteiger partial charge is 0.457 e. The number of ether oxygens (including phenoxy) is 1. The van der Waals surface area contributed by atoms with Gasteiger partial charge in [-0.2, -0.15) is 0 Å². The van der Waals surface area contributed by atoms with E-state index in [4.69, 9.17) is 9.15 Å². The third-order valence-electron chi connectivity index (χ3n) is 6.95. The van der Waals surface area contributed by atoms with Gasteiger partial charge in [0.15, 0.2) is 6.61 Å². The van der Waals surface area contributed by atoms with E-state index in [1.807, 2.05) is 61.5 Å². The zero-order chi connectivity index (χ0) is 29.2. The van der Waals surface area contributed by atoms with Gasteiger partial charge in [-0.1, -0.05) is 66.7 Å². The summed E-state index contributed by atoms with van der Waals surface area (Å²) in [5.41, 5.74) is 0.744. The van der Waals surface area contributed by atoms with Gasteiger partial charge >= 0.3 is 13.8 Å². The van der Waals surface area contributed by atoms with Crippen molar-refractivity contribution in [1.29, 1.82) is 0 Å². The molecule has 0 spiro atoms. The number of hydrogen-bond donors (Lipinski definition) is 4. The second-order valence-corrected chi connectivity index (χ2v) is 11.6. The van der Waals surface area contributed by atoms with Gasteiger partial charge in [-0.25, -0.2) is 9.36 Å². The fourth-order valence-electron chi connectivity index (χ4n) is 4.84. The zero-order valence-electron chi connectivity index (χ0n) is 24.5. The molecule has 2 radical (unpaired) electrons. The average molecular weight is 622 g/mol. The Balaban J connectivity index is 0.00000253. The van der Waals surface area contributed by atoms with Crippen molar-refractivity contribution in [2.45, 2.75) is 38.5 Å². The number of carbonyl (C=O) groups excluding carboxylic acids is 2. The van der Waals surface area contributed by atoms with Crippen molar-refractivity contribution in [3.8, 4) is 0 Å². The van der Waals surface area contributed by atoms with E-state index in [2.05, 4.69) is 10.6 Å². The van der Waals surface area contributed by atoms with E-state index >= 15 is 0 Å². The van der Waals surface area contributed by atoms with Crippen LogP contribution in [-0.4, -0.2) is 90.8 Å². The predicted molar refractivity (Wildman–Crippen MR) is 166 cm³/mol. The molecule has 2 amide bonds. The number of furan rings is 1. The SMILES string of the molecule is CC(NC(=O)C(C)(Cc1cn(P(=O)(O)O)c2ccccc12)NC(=O)OCc1cc2ccccc2o1)c1ccccc1.[Na].[Na]. The van der Waals surface area contributed by atoms with Gasteiger partial charge in [0.1, 0.15) is 16.9 Å². The van der Waals surface area contributed by atoms with Crippen LogP contribution in [0.2, 0.25) is 0 Å². The fourth-order valence-corrected chi connectivity index (χ4v) is 5.58. The molecule has 0 bridgehead atoms. The minimum Gasteiger partial charge on any atom is -0.457 e. The Bertz CT molecular complexity index is 1740. The molecule has 5 rings (SSSR count). The number of para-hydroxylation sites is 2. The van der Waals surface area contributed by atoms with Gasteiger partial charge in [-0.15, -0.1) is 0 Å². The summed E-state index contributed by atoms with van der Waals surface area (Å²) in [5, 5.41) is 7.06. The first-order valence-electron chi connectivity index (χ1n) is 13.0. The number of rotatable bonds is 9. The zero-order valence-corrected chi connectivity index (χ0v) is 29.4. The first kappa shape index (κ1) is 35.1. The van der Waals surface area contributed by atoms with Crippen LogP contribution in [0.25, 0.3) is 21.9 Å². The molecule has 5 aromatic rings. The van der Waals surface area contributed by atoms with Crippen LogP contribution in [0.1, 0.15) is 36.8 Å². The van der Waals surface area contributed by atoms with Gasteiger partial charge in [0.05, 0.1) is 11.6 Å². The summed E-state index contributed by atoms with van der Waals surface area (Å²) in [4.78, 5) is 46.7. The van der Waals surface area contributed by atoms with Gasteiger partial charge < -0.3 is 29.6 Å². The minimum atomic E-state index is -4.69. The van der Waals surface area contributed by atoms with E-state index in [0.717, 1.165) is 15.3 Å². The van der Waals surface area contributed by atoms with E-state index in [9.17, 15) is 23.9 Å². The van der Waals surface area contributed by atoms with Crippen molar-refractivity contribution in [3.63, 3.8) is 0 Å². The van der Waals surface area contributed by atoms with E-state index in [1.165, 1.54) is 6.20 Å². The molecule has 214 valence electrons. The molecule has 0 saturated carbocycles. The third-order valence-corrected chi connectivity index (χ3v) is 7.84. The molecule has 2 unspecified atom stereocenters. The van der Waals surface area contributed by atoms with Crippen molar-refractivity contribution in [2.75, 3.05) is 0 Å². The maximum Gasteiger partial charge on any atom is 0.434 e. The van der Waals surface area contributed by atoms with Gasteiger partial charge in [-0.3, -0.25) is 9.13 Å². The van der Waals surface area contributed by atoms with Crippen molar-refractivity contribution in [2.24, 2.45) is 0 Å². The van der Waals surface area contributed by atoms with E-state index in [-0.39, 0.29) is 78.2 Å². The monoisotopic (exact) mass is 621 g/mol. The molecule has 43 heavy (non-hydrogen) atoms. The molecule has 13 heteroatoms. The Morgan fingerprint density at radius 3 is 2.35 bits per heavy atom. The number of nitrogens with zero attached hydrogens (tertiary/aromatic N) is 1. The van der Waals surface area contributed by atoms with Gasteiger partial charge in [0, 0.05) is 82.5 Å². The summed E-state index contributed by atoms with van der Waals surface area (Å²) in [5.74, 6) is -0.0579. The number of aromatic nitrogens is 1. The minimum absolute atomic E-state index is 0. The van der Waals surface area contributed by atoms with E-state index < -0.39 is 25.3 Å². The number of fused-ring (bicyclic) bond motifs is 2. The van der Waals surface area contributed by atoms with E-state index in [1.54, 1.807) is 37.3 Å². The molecule has 0 aliphatic carbocycles. The summed E-state index contributed by atoms with van der Waals surface area (Å²) in [6.07, 6.45) is 0.390. The fraction of sp³-hybridized carbons (Fsp3) is 0.200. The second kappa shape index (κ2) is 14.6. The number of nitrogens with one attached hydrogen (secondary N) is 2. The molecule has 4 N–H and O–H groups in total. The topological polar surface area (TPSA) is 143 Å². The maximum absolute atomic E-state index is 13.8. The third kappa shape index (κ3) is 8.22. The van der Waals surface area contributed by atoms with Crippen LogP contribution >= 0.6 is 7.75 Å². The predicted octanol–water partition coefficient (Wildman–Crippen LogP) is 4.67. The summed E-state index contributed by atoms with van der Waals surface area (Å²) in [7, 11) is -4.69. The number of carbonyl (C=O) groups is 2. The van der Waals surface area contributed by atoms with Crippen LogP contribution in [0.4, 0.5) is 4.79 Å². The van der Waals surface area contributed by atoms with Crippen molar-refractivity contribution < 1.29 is 33.1 Å². The maximum atomic E-state index is 13.8. The van der Waals surface area contributed by atoms with Crippen molar-refractivity contribution in [3.05, 3.63) is 108 Å². The molecule has 10 nitrogen and oxygen atoms in total. The first-order chi connectivity index (χ1) is 19.5. The van der Waals surface area contributed by atoms with Gasteiger partial charge in [0.25, 0.3) is 0 Å². The van der Waals surface area contributed by atoms with Crippen LogP contribution in [0.5, 0.6) is 0 Å². The quantitative estimate of drug-likeness (QED) is 0.138. The summed E-state index contributed by atoms with van der Waals surface area (Å²) < 4.78 is 24.2. The second-order valence-electron chi connectivity index (χ2n) is 10.1. The Kier molecular flexibility index (Phi) is 11.9. The van der Waals surface area contributed by atoms with Crippen molar-refractivity contribution >= 4 is 101 Å². The molecule has 2 heterocycles. The molecule has 2 aromatic heterocycles. The Morgan fingerprint density at radius 1 is 1.00 bits per heavy atom. The van der Waals surface area contributed by atoms with Crippen LogP contribution in [0, 0.1) is 0 Å². The summed E-state index contributed by atoms with van der Waals surface area (Å²) in [6.45, 7) is 3.22. The van der Waals surface area contributed by atoms with Gasteiger partial charge in [0.2, 0.25) is 5.91 Å². The molecular formula is C30H30N3Na2O7P. The van der Waals surface area contributed by atoms with Crippen LogP contribution in [0.3, 0.4) is 0 Å². The number of alkyl carbamates (subject to hydrolysis) is 1. The molecule has 0 aliphatic heterocycles. The van der Waals surface area contributed by atoms with Crippen LogP contribution in [0.15, 0.2) is 95.5 Å². The smallest absolute Gasteiger partial charge is 0.434 e. The first-order valence-corrected chi connectivity index (χ1v) is 14.5. The molecule has 2 atom stereocenters. The number of amides is 2. The molecule has 0 aliphatic rings. The molecule has 3 aromatic carbocycles. The Morgan fingerprint density at radius 2 is 1.65 bits per heavy atom. The Labute approximate surface area is 293 Å².